The van der Waals surface area contributed by atoms with Crippen molar-refractivity contribution in [1.29, 1.82) is 0 Å². The molecule has 3 N–H and O–H groups in total. The molecular weight excluding hydrogens is 283 g/mol. The Kier molecular flexibility index (Phi) is 3.33. The lowest BCUT2D eigenvalue weighted by Crippen LogP contribution is -1.95. The maximum atomic E-state index is 13.6. The maximum absolute atomic E-state index is 13.6. The zero-order valence-corrected chi connectivity index (χ0v) is 10.9. The molecule has 2 aromatic rings. The summed E-state index contributed by atoms with van der Waals surface area (Å²) in [6.45, 7) is 2.00. The first-order valence-corrected chi connectivity index (χ1v) is 5.94. The monoisotopic (exact) mass is 294 g/mol. The molecule has 0 unspecified atom stereocenters. The van der Waals surface area contributed by atoms with Crippen LogP contribution in [0.4, 0.5) is 21.5 Å². The van der Waals surface area contributed by atoms with Crippen LogP contribution in [-0.2, 0) is 0 Å². The summed E-state index contributed by atoms with van der Waals surface area (Å²) in [7, 11) is 0. The smallest absolute Gasteiger partial charge is 0.148 e. The molecule has 0 aliphatic carbocycles. The summed E-state index contributed by atoms with van der Waals surface area (Å²) < 4.78 is 14.5. The first-order valence-electron chi connectivity index (χ1n) is 5.14. The van der Waals surface area contributed by atoms with E-state index in [0.29, 0.717) is 11.4 Å². The zero-order chi connectivity index (χ0) is 12.4. The third-order valence-electron chi connectivity index (χ3n) is 2.44. The van der Waals surface area contributed by atoms with Crippen LogP contribution < -0.4 is 11.1 Å². The van der Waals surface area contributed by atoms with E-state index >= 15 is 0 Å². The van der Waals surface area contributed by atoms with E-state index in [1.165, 1.54) is 6.07 Å². The highest BCUT2D eigenvalue weighted by molar-refractivity contribution is 9.10. The normalized spacial score (nSPS) is 10.3. The first kappa shape index (κ1) is 11.9. The average molecular weight is 295 g/mol. The fourth-order valence-corrected chi connectivity index (χ4v) is 1.84. The molecule has 2 nitrogen and oxygen atoms in total. The van der Waals surface area contributed by atoms with Gasteiger partial charge in [0, 0.05) is 15.8 Å². The van der Waals surface area contributed by atoms with Gasteiger partial charge in [-0.25, -0.2) is 4.39 Å². The van der Waals surface area contributed by atoms with Crippen molar-refractivity contribution in [3.63, 3.8) is 0 Å². The quantitative estimate of drug-likeness (QED) is 0.814. The number of nitrogen functional groups attached to an aromatic ring is 1. The van der Waals surface area contributed by atoms with Gasteiger partial charge in [0.15, 0.2) is 0 Å². The van der Waals surface area contributed by atoms with Gasteiger partial charge in [0.1, 0.15) is 5.82 Å². The van der Waals surface area contributed by atoms with Crippen LogP contribution in [0.15, 0.2) is 40.9 Å². The molecule has 0 bridgehead atoms. The van der Waals surface area contributed by atoms with Crippen molar-refractivity contribution in [2.24, 2.45) is 0 Å². The fourth-order valence-electron chi connectivity index (χ4n) is 1.46. The van der Waals surface area contributed by atoms with Crippen LogP contribution in [0.1, 0.15) is 5.56 Å². The van der Waals surface area contributed by atoms with Crippen LogP contribution >= 0.6 is 15.9 Å². The molecule has 0 radical (unpaired) electrons. The standard InChI is InChI=1S/C13H12BrFN2/c1-8-2-4-10(7-11(8)14)17-13-5-3-9(16)6-12(13)15/h2-7,17H,16H2,1H3. The fraction of sp³-hybridized carbons (Fsp3) is 0.0769. The lowest BCUT2D eigenvalue weighted by atomic mass is 10.2. The van der Waals surface area contributed by atoms with Gasteiger partial charge in [0.25, 0.3) is 0 Å². The summed E-state index contributed by atoms with van der Waals surface area (Å²) >= 11 is 3.44. The van der Waals surface area contributed by atoms with Crippen LogP contribution in [0.3, 0.4) is 0 Å². The molecule has 0 atom stereocenters. The van der Waals surface area contributed by atoms with E-state index in [1.54, 1.807) is 12.1 Å². The predicted molar refractivity (Wildman–Crippen MR) is 73.0 cm³/mol. The highest BCUT2D eigenvalue weighted by Crippen LogP contribution is 2.25. The molecule has 0 aliphatic rings. The molecule has 0 amide bonds. The Hall–Kier alpha value is -1.55. The van der Waals surface area contributed by atoms with Gasteiger partial charge in [-0.3, -0.25) is 0 Å². The van der Waals surface area contributed by atoms with Crippen molar-refractivity contribution >= 4 is 33.0 Å². The number of nitrogens with one attached hydrogen (secondary N) is 1. The number of nitrogens with two attached hydrogens (primary N) is 1. The van der Waals surface area contributed by atoms with E-state index in [1.807, 2.05) is 25.1 Å². The molecule has 0 fully saturated rings. The third-order valence-corrected chi connectivity index (χ3v) is 3.30. The van der Waals surface area contributed by atoms with Crippen molar-refractivity contribution in [3.8, 4) is 0 Å². The number of benzene rings is 2. The summed E-state index contributed by atoms with van der Waals surface area (Å²) in [6, 6.07) is 10.3. The molecule has 2 rings (SSSR count). The largest absolute Gasteiger partial charge is 0.399 e. The van der Waals surface area contributed by atoms with Gasteiger partial charge in [-0.15, -0.1) is 0 Å². The molecule has 0 aromatic heterocycles. The number of aryl methyl sites for hydroxylation is 1. The molecule has 0 aliphatic heterocycles. The Bertz CT molecular complexity index is 555. The summed E-state index contributed by atoms with van der Waals surface area (Å²) in [5, 5.41) is 3.01. The minimum absolute atomic E-state index is 0.360. The minimum atomic E-state index is -0.360. The number of halogens is 2. The van der Waals surface area contributed by atoms with E-state index in [9.17, 15) is 4.39 Å². The van der Waals surface area contributed by atoms with Gasteiger partial charge in [0.2, 0.25) is 0 Å². The van der Waals surface area contributed by atoms with Gasteiger partial charge in [-0.1, -0.05) is 22.0 Å². The number of hydrogen-bond donors (Lipinski definition) is 2. The van der Waals surface area contributed by atoms with Crippen molar-refractivity contribution in [3.05, 3.63) is 52.3 Å². The second kappa shape index (κ2) is 4.75. The van der Waals surface area contributed by atoms with E-state index in [0.717, 1.165) is 15.7 Å². The molecule has 0 heterocycles. The van der Waals surface area contributed by atoms with E-state index in [4.69, 9.17) is 5.73 Å². The third kappa shape index (κ3) is 2.77. The Labute approximate surface area is 108 Å². The number of rotatable bonds is 2. The maximum Gasteiger partial charge on any atom is 0.148 e. The van der Waals surface area contributed by atoms with Gasteiger partial charge < -0.3 is 11.1 Å². The van der Waals surface area contributed by atoms with Crippen molar-refractivity contribution in [2.45, 2.75) is 6.92 Å². The summed E-state index contributed by atoms with van der Waals surface area (Å²) in [5.41, 5.74) is 8.27. The van der Waals surface area contributed by atoms with Gasteiger partial charge in [-0.2, -0.15) is 0 Å². The molecule has 0 saturated heterocycles. The first-order chi connectivity index (χ1) is 8.06. The predicted octanol–water partition coefficient (Wildman–Crippen LogP) is 4.22. The second-order valence-electron chi connectivity index (χ2n) is 3.83. The second-order valence-corrected chi connectivity index (χ2v) is 4.68. The van der Waals surface area contributed by atoms with E-state index in [2.05, 4.69) is 21.2 Å². The van der Waals surface area contributed by atoms with Crippen molar-refractivity contribution in [1.82, 2.24) is 0 Å². The minimum Gasteiger partial charge on any atom is -0.399 e. The zero-order valence-electron chi connectivity index (χ0n) is 9.30. The molecule has 17 heavy (non-hydrogen) atoms. The molecule has 88 valence electrons. The van der Waals surface area contributed by atoms with Crippen LogP contribution in [0.2, 0.25) is 0 Å². The Morgan fingerprint density at radius 2 is 1.94 bits per heavy atom. The topological polar surface area (TPSA) is 38.0 Å². The summed E-state index contributed by atoms with van der Waals surface area (Å²) in [6.07, 6.45) is 0. The lowest BCUT2D eigenvalue weighted by molar-refractivity contribution is 0.632. The number of anilines is 3. The SMILES string of the molecule is Cc1ccc(Nc2ccc(N)cc2F)cc1Br. The average Bonchev–Trinajstić information content (AvgIpc) is 2.27. The molecule has 0 saturated carbocycles. The van der Waals surface area contributed by atoms with Crippen LogP contribution in [0.25, 0.3) is 0 Å². The highest BCUT2D eigenvalue weighted by atomic mass is 79.9. The Balaban J connectivity index is 2.28. The summed E-state index contributed by atoms with van der Waals surface area (Å²) in [5.74, 6) is -0.360. The van der Waals surface area contributed by atoms with E-state index in [-0.39, 0.29) is 5.82 Å². The van der Waals surface area contributed by atoms with Gasteiger partial charge >= 0.3 is 0 Å². The summed E-state index contributed by atoms with van der Waals surface area (Å²) in [4.78, 5) is 0. The number of hydrogen-bond acceptors (Lipinski definition) is 2. The molecule has 0 spiro atoms. The molecular formula is C13H12BrFN2. The van der Waals surface area contributed by atoms with Gasteiger partial charge in [-0.05, 0) is 42.8 Å². The lowest BCUT2D eigenvalue weighted by Gasteiger charge is -2.09. The molecule has 4 heteroatoms. The van der Waals surface area contributed by atoms with Crippen LogP contribution in [0.5, 0.6) is 0 Å². The van der Waals surface area contributed by atoms with E-state index < -0.39 is 0 Å². The van der Waals surface area contributed by atoms with Crippen LogP contribution in [0, 0.1) is 12.7 Å². The van der Waals surface area contributed by atoms with Crippen molar-refractivity contribution < 1.29 is 4.39 Å². The van der Waals surface area contributed by atoms with Crippen LogP contribution in [-0.4, -0.2) is 0 Å². The molecule has 2 aromatic carbocycles. The Morgan fingerprint density at radius 3 is 2.59 bits per heavy atom. The highest BCUT2D eigenvalue weighted by Gasteiger charge is 2.03. The van der Waals surface area contributed by atoms with Gasteiger partial charge in [0.05, 0.1) is 5.69 Å². The Morgan fingerprint density at radius 1 is 1.18 bits per heavy atom. The van der Waals surface area contributed by atoms with Crippen molar-refractivity contribution in [2.75, 3.05) is 11.1 Å².